The van der Waals surface area contributed by atoms with Crippen molar-refractivity contribution in [1.82, 2.24) is 0 Å². The van der Waals surface area contributed by atoms with Gasteiger partial charge in [0.1, 0.15) is 0 Å². The lowest BCUT2D eigenvalue weighted by Gasteiger charge is -2.45. The Bertz CT molecular complexity index is 427. The van der Waals surface area contributed by atoms with Gasteiger partial charge in [-0.3, -0.25) is 0 Å². The summed E-state index contributed by atoms with van der Waals surface area (Å²) >= 11 is 0. The average molecular weight is 395 g/mol. The Balaban J connectivity index is 2.15. The van der Waals surface area contributed by atoms with Crippen LogP contribution in [0.15, 0.2) is 12.7 Å². The van der Waals surface area contributed by atoms with E-state index < -0.39 is 8.56 Å². The standard InChI is InChI=1S/C24H46O2Si/c1-9-14-27(8,25-23-15-19(6)10-12-21(23)17(2)3)26-24-16-20(7)11-13-22(24)18(4)5/h9,17-24H,1,10-16H2,2-8H3/t19-,20-,21+,22+,23-,24-/m1/s1. The van der Waals surface area contributed by atoms with E-state index in [2.05, 4.69) is 54.7 Å². The highest BCUT2D eigenvalue weighted by Gasteiger charge is 2.43. The van der Waals surface area contributed by atoms with Crippen molar-refractivity contribution in [3.8, 4) is 0 Å². The van der Waals surface area contributed by atoms with Crippen LogP contribution < -0.4 is 0 Å². The molecule has 0 spiro atoms. The maximum Gasteiger partial charge on any atom is 0.339 e. The minimum Gasteiger partial charge on any atom is -0.391 e. The van der Waals surface area contributed by atoms with E-state index in [-0.39, 0.29) is 0 Å². The molecule has 0 amide bonds. The van der Waals surface area contributed by atoms with Crippen LogP contribution in [0.5, 0.6) is 0 Å². The molecule has 0 saturated heterocycles. The molecular weight excluding hydrogens is 348 g/mol. The van der Waals surface area contributed by atoms with E-state index in [0.717, 1.165) is 17.9 Å². The molecule has 158 valence electrons. The molecule has 0 radical (unpaired) electrons. The molecule has 2 rings (SSSR count). The molecule has 6 atom stereocenters. The third-order valence-corrected chi connectivity index (χ3v) is 9.87. The largest absolute Gasteiger partial charge is 0.391 e. The summed E-state index contributed by atoms with van der Waals surface area (Å²) < 4.78 is 14.0. The van der Waals surface area contributed by atoms with E-state index in [9.17, 15) is 0 Å². The van der Waals surface area contributed by atoms with Crippen LogP contribution in [-0.4, -0.2) is 20.8 Å². The topological polar surface area (TPSA) is 18.5 Å². The molecule has 0 aromatic rings. The third kappa shape index (κ3) is 6.44. The van der Waals surface area contributed by atoms with Crippen molar-refractivity contribution in [2.75, 3.05) is 0 Å². The monoisotopic (exact) mass is 394 g/mol. The van der Waals surface area contributed by atoms with E-state index in [1.165, 1.54) is 38.5 Å². The summed E-state index contributed by atoms with van der Waals surface area (Å²) in [6.45, 7) is 20.6. The van der Waals surface area contributed by atoms with Crippen LogP contribution in [0.25, 0.3) is 0 Å². The third-order valence-electron chi connectivity index (χ3n) is 7.24. The fourth-order valence-electron chi connectivity index (χ4n) is 5.53. The molecule has 2 aliphatic rings. The molecule has 27 heavy (non-hydrogen) atoms. The molecule has 0 heterocycles. The van der Waals surface area contributed by atoms with Crippen molar-refractivity contribution < 1.29 is 8.85 Å². The fraction of sp³-hybridized carbons (Fsp3) is 0.917. The number of hydrogen-bond acceptors (Lipinski definition) is 2. The van der Waals surface area contributed by atoms with Gasteiger partial charge in [0.15, 0.2) is 0 Å². The zero-order chi connectivity index (χ0) is 20.2. The van der Waals surface area contributed by atoms with Gasteiger partial charge in [0.2, 0.25) is 0 Å². The first kappa shape index (κ1) is 23.2. The lowest BCUT2D eigenvalue weighted by Crippen LogP contribution is -2.51. The van der Waals surface area contributed by atoms with E-state index >= 15 is 0 Å². The SMILES string of the molecule is C=CC[Si](C)(O[C@@H]1C[C@H](C)CC[C@H]1C(C)C)O[C@@H]1C[C@H](C)CC[C@H]1C(C)C. The van der Waals surface area contributed by atoms with E-state index in [4.69, 9.17) is 8.85 Å². The first-order valence-corrected chi connectivity index (χ1v) is 14.1. The highest BCUT2D eigenvalue weighted by Crippen LogP contribution is 2.40. The molecule has 0 bridgehead atoms. The molecule has 0 aromatic carbocycles. The minimum atomic E-state index is -2.28. The first-order chi connectivity index (χ1) is 12.6. The molecule has 0 aliphatic heterocycles. The van der Waals surface area contributed by atoms with Gasteiger partial charge < -0.3 is 8.85 Å². The zero-order valence-electron chi connectivity index (χ0n) is 19.2. The van der Waals surface area contributed by atoms with Gasteiger partial charge >= 0.3 is 8.56 Å². The Morgan fingerprint density at radius 2 is 1.26 bits per heavy atom. The normalized spacial score (nSPS) is 35.6. The zero-order valence-corrected chi connectivity index (χ0v) is 20.2. The highest BCUT2D eigenvalue weighted by atomic mass is 28.4. The Morgan fingerprint density at radius 1 is 0.852 bits per heavy atom. The van der Waals surface area contributed by atoms with Crippen molar-refractivity contribution in [2.24, 2.45) is 35.5 Å². The Hall–Kier alpha value is -0.123. The summed E-state index contributed by atoms with van der Waals surface area (Å²) in [5, 5.41) is 0. The summed E-state index contributed by atoms with van der Waals surface area (Å²) in [7, 11) is -2.28. The molecule has 0 unspecified atom stereocenters. The van der Waals surface area contributed by atoms with Gasteiger partial charge in [-0.1, -0.05) is 60.5 Å². The average Bonchev–Trinajstić information content (AvgIpc) is 2.54. The fourth-order valence-corrected chi connectivity index (χ4v) is 8.12. The quantitative estimate of drug-likeness (QED) is 0.320. The number of rotatable bonds is 8. The van der Waals surface area contributed by atoms with Crippen LogP contribution in [0.4, 0.5) is 0 Å². The van der Waals surface area contributed by atoms with Crippen molar-refractivity contribution >= 4 is 8.56 Å². The van der Waals surface area contributed by atoms with Gasteiger partial charge in [-0.2, -0.15) is 0 Å². The van der Waals surface area contributed by atoms with E-state index in [1.54, 1.807) is 0 Å². The summed E-state index contributed by atoms with van der Waals surface area (Å²) in [6, 6.07) is 0.901. The molecule has 3 heteroatoms. The van der Waals surface area contributed by atoms with Gasteiger partial charge in [0.25, 0.3) is 0 Å². The van der Waals surface area contributed by atoms with Gasteiger partial charge in [0.05, 0.1) is 12.2 Å². The van der Waals surface area contributed by atoms with Crippen LogP contribution in [-0.2, 0) is 8.85 Å². The predicted molar refractivity (Wildman–Crippen MR) is 119 cm³/mol. The maximum absolute atomic E-state index is 6.98. The summed E-state index contributed by atoms with van der Waals surface area (Å²) in [5.74, 6) is 4.25. The van der Waals surface area contributed by atoms with Gasteiger partial charge in [-0.25, -0.2) is 0 Å². The predicted octanol–water partition coefficient (Wildman–Crippen LogP) is 7.20. The molecule has 2 saturated carbocycles. The van der Waals surface area contributed by atoms with Gasteiger partial charge in [-0.05, 0) is 67.7 Å². The maximum atomic E-state index is 6.98. The summed E-state index contributed by atoms with van der Waals surface area (Å²) in [5.41, 5.74) is 0. The van der Waals surface area contributed by atoms with Gasteiger partial charge in [0, 0.05) is 6.04 Å². The minimum absolute atomic E-state index is 0.365. The van der Waals surface area contributed by atoms with E-state index in [1.807, 2.05) is 6.08 Å². The van der Waals surface area contributed by atoms with Crippen LogP contribution >= 0.6 is 0 Å². The second kappa shape index (κ2) is 10.1. The number of hydrogen-bond donors (Lipinski definition) is 0. The first-order valence-electron chi connectivity index (χ1n) is 11.6. The molecule has 0 aromatic heterocycles. The summed E-state index contributed by atoms with van der Waals surface area (Å²) in [4.78, 5) is 0. The van der Waals surface area contributed by atoms with Crippen LogP contribution in [0, 0.1) is 35.5 Å². The lowest BCUT2D eigenvalue weighted by atomic mass is 9.75. The van der Waals surface area contributed by atoms with Crippen LogP contribution in [0.2, 0.25) is 12.6 Å². The molecule has 2 fully saturated rings. The highest BCUT2D eigenvalue weighted by molar-refractivity contribution is 6.66. The smallest absolute Gasteiger partial charge is 0.339 e. The Kier molecular flexibility index (Phi) is 8.64. The number of allylic oxidation sites excluding steroid dienone is 1. The Morgan fingerprint density at radius 3 is 1.59 bits per heavy atom. The molecule has 2 aliphatic carbocycles. The second-order valence-corrected chi connectivity index (χ2v) is 13.7. The molecule has 0 N–H and O–H groups in total. The van der Waals surface area contributed by atoms with Crippen molar-refractivity contribution in [1.29, 1.82) is 0 Å². The summed E-state index contributed by atoms with van der Waals surface area (Å²) in [6.07, 6.45) is 10.5. The lowest BCUT2D eigenvalue weighted by molar-refractivity contribution is -0.0247. The molecular formula is C24H46O2Si. The van der Waals surface area contributed by atoms with Crippen LogP contribution in [0.3, 0.4) is 0 Å². The second-order valence-electron chi connectivity index (χ2n) is 10.6. The Labute approximate surface area is 170 Å². The van der Waals surface area contributed by atoms with Crippen molar-refractivity contribution in [2.45, 2.75) is 105 Å². The van der Waals surface area contributed by atoms with Crippen LogP contribution in [0.1, 0.15) is 80.1 Å². The molecule has 2 nitrogen and oxygen atoms in total. The van der Waals surface area contributed by atoms with Crippen molar-refractivity contribution in [3.05, 3.63) is 12.7 Å². The van der Waals surface area contributed by atoms with Crippen molar-refractivity contribution in [3.63, 3.8) is 0 Å². The van der Waals surface area contributed by atoms with E-state index in [0.29, 0.717) is 35.9 Å². The van der Waals surface area contributed by atoms with Gasteiger partial charge in [-0.15, -0.1) is 6.58 Å².